The van der Waals surface area contributed by atoms with Crippen molar-refractivity contribution in [2.24, 2.45) is 5.73 Å². The average molecular weight is 198 g/mol. The summed E-state index contributed by atoms with van der Waals surface area (Å²) in [6.07, 6.45) is 6.62. The summed E-state index contributed by atoms with van der Waals surface area (Å²) in [5.74, 6) is 0. The van der Waals surface area contributed by atoms with Crippen molar-refractivity contribution in [3.63, 3.8) is 0 Å². The van der Waals surface area contributed by atoms with E-state index >= 15 is 0 Å². The number of carbonyl (C=O) groups is 1. The summed E-state index contributed by atoms with van der Waals surface area (Å²) in [7, 11) is 0. The lowest BCUT2D eigenvalue weighted by atomic mass is 9.85. The summed E-state index contributed by atoms with van der Waals surface area (Å²) in [5.41, 5.74) is 5.02. The van der Waals surface area contributed by atoms with Gasteiger partial charge in [0.1, 0.15) is 0 Å². The number of rotatable bonds is 7. The second-order valence-electron chi connectivity index (χ2n) is 3.76. The number of amides is 2. The van der Waals surface area contributed by atoms with Gasteiger partial charge in [-0.1, -0.05) is 32.8 Å². The Hall–Kier alpha value is -0.990. The molecule has 2 amide bonds. The minimum absolute atomic E-state index is 0.170. The van der Waals surface area contributed by atoms with Gasteiger partial charge >= 0.3 is 6.03 Å². The molecule has 14 heavy (non-hydrogen) atoms. The minimum Gasteiger partial charge on any atom is -0.352 e. The van der Waals surface area contributed by atoms with Gasteiger partial charge in [0.25, 0.3) is 0 Å². The molecule has 3 nitrogen and oxygen atoms in total. The van der Waals surface area contributed by atoms with E-state index in [0.717, 1.165) is 32.1 Å². The van der Waals surface area contributed by atoms with Crippen LogP contribution in [0.25, 0.3) is 0 Å². The monoisotopic (exact) mass is 198 g/mol. The Morgan fingerprint density at radius 3 is 2.21 bits per heavy atom. The highest BCUT2D eigenvalue weighted by molar-refractivity contribution is 5.72. The SMILES string of the molecule is C=CCC(CCC)(CCC)NC(N)=O. The standard InChI is InChI=1S/C11H22N2O/c1-4-7-11(8-5-2,9-6-3)13-10(12)14/h4H,1,5-9H2,2-3H3,(H3,12,13,14). The second-order valence-corrected chi connectivity index (χ2v) is 3.76. The number of primary amides is 1. The van der Waals surface area contributed by atoms with E-state index in [2.05, 4.69) is 25.7 Å². The number of hydrogen-bond acceptors (Lipinski definition) is 1. The van der Waals surface area contributed by atoms with Crippen LogP contribution in [0.5, 0.6) is 0 Å². The molecule has 82 valence electrons. The van der Waals surface area contributed by atoms with Crippen LogP contribution < -0.4 is 11.1 Å². The van der Waals surface area contributed by atoms with Crippen molar-refractivity contribution < 1.29 is 4.79 Å². The predicted octanol–water partition coefficient (Wildman–Crippen LogP) is 2.57. The van der Waals surface area contributed by atoms with E-state index in [1.807, 2.05) is 6.08 Å². The van der Waals surface area contributed by atoms with Crippen molar-refractivity contribution in [2.75, 3.05) is 0 Å². The van der Waals surface area contributed by atoms with Crippen LogP contribution in [-0.2, 0) is 0 Å². The molecule has 0 saturated carbocycles. The quantitative estimate of drug-likeness (QED) is 0.607. The zero-order valence-corrected chi connectivity index (χ0v) is 9.31. The van der Waals surface area contributed by atoms with Crippen LogP contribution in [-0.4, -0.2) is 11.6 Å². The van der Waals surface area contributed by atoms with E-state index in [-0.39, 0.29) is 5.54 Å². The van der Waals surface area contributed by atoms with Crippen molar-refractivity contribution in [1.29, 1.82) is 0 Å². The molecule has 0 aromatic carbocycles. The minimum atomic E-state index is -0.436. The van der Waals surface area contributed by atoms with Gasteiger partial charge in [-0.25, -0.2) is 4.79 Å². The Labute approximate surface area is 86.8 Å². The van der Waals surface area contributed by atoms with Crippen molar-refractivity contribution in [1.82, 2.24) is 5.32 Å². The first kappa shape index (κ1) is 13.0. The molecule has 0 bridgehead atoms. The smallest absolute Gasteiger partial charge is 0.312 e. The van der Waals surface area contributed by atoms with E-state index in [1.54, 1.807) is 0 Å². The molecule has 0 aliphatic heterocycles. The fraction of sp³-hybridized carbons (Fsp3) is 0.727. The van der Waals surface area contributed by atoms with Crippen LogP contribution in [0.3, 0.4) is 0 Å². The molecule has 0 rings (SSSR count). The fourth-order valence-corrected chi connectivity index (χ4v) is 2.00. The first-order valence-electron chi connectivity index (χ1n) is 5.28. The highest BCUT2D eigenvalue weighted by Gasteiger charge is 2.27. The van der Waals surface area contributed by atoms with E-state index < -0.39 is 6.03 Å². The van der Waals surface area contributed by atoms with Crippen molar-refractivity contribution in [2.45, 2.75) is 51.5 Å². The van der Waals surface area contributed by atoms with E-state index in [4.69, 9.17) is 5.73 Å². The Morgan fingerprint density at radius 2 is 1.93 bits per heavy atom. The van der Waals surface area contributed by atoms with Crippen LogP contribution >= 0.6 is 0 Å². The fourth-order valence-electron chi connectivity index (χ4n) is 2.00. The molecule has 0 atom stereocenters. The molecule has 0 unspecified atom stereocenters. The van der Waals surface area contributed by atoms with Crippen LogP contribution in [0.4, 0.5) is 4.79 Å². The molecule has 0 aliphatic carbocycles. The maximum atomic E-state index is 10.9. The topological polar surface area (TPSA) is 55.1 Å². The molecule has 0 radical (unpaired) electrons. The lowest BCUT2D eigenvalue weighted by molar-refractivity contribution is 0.223. The highest BCUT2D eigenvalue weighted by atomic mass is 16.2. The van der Waals surface area contributed by atoms with Gasteiger partial charge in [-0.05, 0) is 19.3 Å². The Morgan fingerprint density at radius 1 is 1.43 bits per heavy atom. The molecule has 0 aromatic heterocycles. The van der Waals surface area contributed by atoms with E-state index in [9.17, 15) is 4.79 Å². The summed E-state index contributed by atoms with van der Waals surface area (Å²) >= 11 is 0. The van der Waals surface area contributed by atoms with Crippen molar-refractivity contribution >= 4 is 6.03 Å². The van der Waals surface area contributed by atoms with Crippen LogP contribution in [0.2, 0.25) is 0 Å². The van der Waals surface area contributed by atoms with E-state index in [0.29, 0.717) is 0 Å². The van der Waals surface area contributed by atoms with Crippen LogP contribution in [0.1, 0.15) is 46.0 Å². The molecule has 0 saturated heterocycles. The summed E-state index contributed by atoms with van der Waals surface area (Å²) in [4.78, 5) is 10.9. The van der Waals surface area contributed by atoms with Gasteiger partial charge in [0, 0.05) is 5.54 Å². The van der Waals surface area contributed by atoms with E-state index in [1.165, 1.54) is 0 Å². The molecule has 3 N–H and O–H groups in total. The second kappa shape index (κ2) is 6.46. The number of nitrogens with two attached hydrogens (primary N) is 1. The van der Waals surface area contributed by atoms with Crippen molar-refractivity contribution in [3.8, 4) is 0 Å². The number of carbonyl (C=O) groups excluding carboxylic acids is 1. The molecular formula is C11H22N2O. The molecule has 0 spiro atoms. The van der Waals surface area contributed by atoms with Gasteiger partial charge < -0.3 is 11.1 Å². The summed E-state index contributed by atoms with van der Waals surface area (Å²) in [6, 6.07) is -0.436. The third-order valence-electron chi connectivity index (χ3n) is 2.38. The molecule has 0 heterocycles. The maximum absolute atomic E-state index is 10.9. The van der Waals surface area contributed by atoms with Gasteiger partial charge in [-0.3, -0.25) is 0 Å². The summed E-state index contributed by atoms with van der Waals surface area (Å²) < 4.78 is 0. The summed E-state index contributed by atoms with van der Waals surface area (Å²) in [5, 5.41) is 2.86. The summed E-state index contributed by atoms with van der Waals surface area (Å²) in [6.45, 7) is 7.94. The number of urea groups is 1. The Kier molecular flexibility index (Phi) is 6.00. The maximum Gasteiger partial charge on any atom is 0.312 e. The molecule has 0 aromatic rings. The molecule has 0 aliphatic rings. The highest BCUT2D eigenvalue weighted by Crippen LogP contribution is 2.23. The average Bonchev–Trinajstić information content (AvgIpc) is 2.03. The predicted molar refractivity (Wildman–Crippen MR) is 60.1 cm³/mol. The van der Waals surface area contributed by atoms with Gasteiger partial charge in [0.05, 0.1) is 0 Å². The van der Waals surface area contributed by atoms with Crippen LogP contribution in [0.15, 0.2) is 12.7 Å². The first-order valence-corrected chi connectivity index (χ1v) is 5.28. The van der Waals surface area contributed by atoms with Gasteiger partial charge in [-0.15, -0.1) is 6.58 Å². The van der Waals surface area contributed by atoms with Gasteiger partial charge in [-0.2, -0.15) is 0 Å². The normalized spacial score (nSPS) is 11.0. The number of nitrogens with one attached hydrogen (secondary N) is 1. The molecule has 0 fully saturated rings. The lowest BCUT2D eigenvalue weighted by Crippen LogP contribution is -2.50. The lowest BCUT2D eigenvalue weighted by Gasteiger charge is -2.33. The van der Waals surface area contributed by atoms with Crippen LogP contribution in [0, 0.1) is 0 Å². The Balaban J connectivity index is 4.52. The van der Waals surface area contributed by atoms with Crippen molar-refractivity contribution in [3.05, 3.63) is 12.7 Å². The third kappa shape index (κ3) is 4.30. The molecular weight excluding hydrogens is 176 g/mol. The zero-order chi connectivity index (χ0) is 11.0. The molecule has 3 heteroatoms. The Bertz CT molecular complexity index is 184. The third-order valence-corrected chi connectivity index (χ3v) is 2.38. The first-order chi connectivity index (χ1) is 6.60. The van der Waals surface area contributed by atoms with Gasteiger partial charge in [0.2, 0.25) is 0 Å². The van der Waals surface area contributed by atoms with Gasteiger partial charge in [0.15, 0.2) is 0 Å². The largest absolute Gasteiger partial charge is 0.352 e. The number of hydrogen-bond donors (Lipinski definition) is 2. The zero-order valence-electron chi connectivity index (χ0n) is 9.31.